The summed E-state index contributed by atoms with van der Waals surface area (Å²) >= 11 is 0. The van der Waals surface area contributed by atoms with E-state index in [1.54, 1.807) is 6.07 Å². The van der Waals surface area contributed by atoms with Crippen molar-refractivity contribution in [2.75, 3.05) is 6.54 Å². The second-order valence-electron chi connectivity index (χ2n) is 5.08. The van der Waals surface area contributed by atoms with E-state index in [1.807, 2.05) is 6.07 Å². The Kier molecular flexibility index (Phi) is 3.08. The fourth-order valence-corrected chi connectivity index (χ4v) is 3.00. The van der Waals surface area contributed by atoms with Crippen molar-refractivity contribution >= 4 is 10.9 Å². The lowest BCUT2D eigenvalue weighted by molar-refractivity contribution is 0.461. The number of H-pyrrole nitrogens is 1. The molecule has 0 spiro atoms. The number of benzene rings is 1. The third kappa shape index (κ3) is 1.83. The number of para-hydroxylation sites is 1. The smallest absolute Gasteiger partial charge is 0.147 e. The molecule has 1 aromatic heterocycles. The molecule has 18 heavy (non-hydrogen) atoms. The predicted octanol–water partition coefficient (Wildman–Crippen LogP) is 3.68. The van der Waals surface area contributed by atoms with Gasteiger partial charge in [0, 0.05) is 17.1 Å². The van der Waals surface area contributed by atoms with Gasteiger partial charge in [0.2, 0.25) is 0 Å². The Hall–Kier alpha value is -1.35. The van der Waals surface area contributed by atoms with Crippen LogP contribution in [0.4, 0.5) is 4.39 Å². The van der Waals surface area contributed by atoms with Crippen molar-refractivity contribution in [3.05, 3.63) is 35.3 Å². The lowest BCUT2D eigenvalue weighted by Crippen LogP contribution is -2.25. The number of aryl methyl sites for hydroxylation is 1. The number of aromatic amines is 1. The van der Waals surface area contributed by atoms with Gasteiger partial charge in [0.05, 0.1) is 5.52 Å². The maximum Gasteiger partial charge on any atom is 0.147 e. The second kappa shape index (κ2) is 4.73. The van der Waals surface area contributed by atoms with Gasteiger partial charge >= 0.3 is 0 Å². The molecule has 3 rings (SSSR count). The molecule has 1 aromatic carbocycles. The Morgan fingerprint density at radius 3 is 3.17 bits per heavy atom. The van der Waals surface area contributed by atoms with Crippen molar-refractivity contribution in [2.24, 2.45) is 0 Å². The number of rotatable bonds is 3. The number of hydrogen-bond acceptors (Lipinski definition) is 1. The van der Waals surface area contributed by atoms with Crippen LogP contribution in [0.25, 0.3) is 10.9 Å². The highest BCUT2D eigenvalue weighted by Gasteiger charge is 2.24. The summed E-state index contributed by atoms with van der Waals surface area (Å²) in [7, 11) is 0. The summed E-state index contributed by atoms with van der Waals surface area (Å²) in [5, 5.41) is 4.64. The van der Waals surface area contributed by atoms with Gasteiger partial charge in [-0.25, -0.2) is 4.39 Å². The minimum absolute atomic E-state index is 0.142. The van der Waals surface area contributed by atoms with Gasteiger partial charge in [-0.15, -0.1) is 0 Å². The third-order valence-electron chi connectivity index (χ3n) is 3.81. The maximum atomic E-state index is 13.8. The monoisotopic (exact) mass is 246 g/mol. The Morgan fingerprint density at radius 2 is 2.33 bits per heavy atom. The first-order chi connectivity index (χ1) is 8.81. The van der Waals surface area contributed by atoms with E-state index in [0.717, 1.165) is 31.2 Å². The first-order valence-electron chi connectivity index (χ1n) is 6.83. The zero-order valence-corrected chi connectivity index (χ0v) is 10.7. The fraction of sp³-hybridized carbons (Fsp3) is 0.467. The number of aromatic nitrogens is 1. The molecule has 0 bridgehead atoms. The Morgan fingerprint density at radius 1 is 1.44 bits per heavy atom. The zero-order chi connectivity index (χ0) is 12.5. The van der Waals surface area contributed by atoms with Gasteiger partial charge in [-0.05, 0) is 43.9 Å². The van der Waals surface area contributed by atoms with Crippen LogP contribution in [0.2, 0.25) is 0 Å². The molecule has 2 aromatic rings. The summed E-state index contributed by atoms with van der Waals surface area (Å²) in [5.41, 5.74) is 3.19. The topological polar surface area (TPSA) is 27.8 Å². The van der Waals surface area contributed by atoms with E-state index >= 15 is 0 Å². The van der Waals surface area contributed by atoms with Gasteiger partial charge < -0.3 is 10.3 Å². The van der Waals surface area contributed by atoms with Gasteiger partial charge in [0.1, 0.15) is 5.82 Å². The van der Waals surface area contributed by atoms with Crippen LogP contribution in [0.15, 0.2) is 18.2 Å². The standard InChI is InChI=1S/C15H19FN2/c1-2-9-17-12-7-4-8-13-14(12)10-5-3-6-11(16)15(10)18-13/h3,5-6,12,17-18H,2,4,7-9H2,1H3. The van der Waals surface area contributed by atoms with Gasteiger partial charge in [-0.2, -0.15) is 0 Å². The third-order valence-corrected chi connectivity index (χ3v) is 3.81. The molecule has 2 nitrogen and oxygen atoms in total. The normalized spacial score (nSPS) is 19.1. The molecule has 0 aliphatic heterocycles. The van der Waals surface area contributed by atoms with Crippen LogP contribution in [0.3, 0.4) is 0 Å². The number of nitrogens with one attached hydrogen (secondary N) is 2. The van der Waals surface area contributed by atoms with Crippen LogP contribution in [-0.4, -0.2) is 11.5 Å². The fourth-order valence-electron chi connectivity index (χ4n) is 3.00. The van der Waals surface area contributed by atoms with Crippen LogP contribution in [0.1, 0.15) is 43.5 Å². The zero-order valence-electron chi connectivity index (χ0n) is 10.7. The molecule has 1 heterocycles. The summed E-state index contributed by atoms with van der Waals surface area (Å²) in [6.07, 6.45) is 4.48. The van der Waals surface area contributed by atoms with E-state index in [0.29, 0.717) is 11.6 Å². The van der Waals surface area contributed by atoms with E-state index in [1.165, 1.54) is 23.7 Å². The molecule has 0 saturated heterocycles. The first-order valence-corrected chi connectivity index (χ1v) is 6.83. The van der Waals surface area contributed by atoms with Crippen LogP contribution in [0.5, 0.6) is 0 Å². The highest BCUT2D eigenvalue weighted by molar-refractivity contribution is 5.86. The van der Waals surface area contributed by atoms with Crippen molar-refractivity contribution in [3.63, 3.8) is 0 Å². The molecule has 96 valence electrons. The molecule has 1 atom stereocenters. The summed E-state index contributed by atoms with van der Waals surface area (Å²) in [6.45, 7) is 3.19. The largest absolute Gasteiger partial charge is 0.356 e. The summed E-state index contributed by atoms with van der Waals surface area (Å²) < 4.78 is 13.8. The van der Waals surface area contributed by atoms with Gasteiger partial charge in [0.25, 0.3) is 0 Å². The van der Waals surface area contributed by atoms with E-state index in [-0.39, 0.29) is 5.82 Å². The SMILES string of the molecule is CCCNC1CCCc2[nH]c3c(F)cccc3c21. The first kappa shape index (κ1) is 11.7. The molecular weight excluding hydrogens is 227 g/mol. The van der Waals surface area contributed by atoms with Gasteiger partial charge in [-0.1, -0.05) is 19.1 Å². The second-order valence-corrected chi connectivity index (χ2v) is 5.08. The molecule has 1 unspecified atom stereocenters. The van der Waals surface area contributed by atoms with Gasteiger partial charge in [-0.3, -0.25) is 0 Å². The van der Waals surface area contributed by atoms with Crippen LogP contribution in [0, 0.1) is 5.82 Å². The van der Waals surface area contributed by atoms with Crippen molar-refractivity contribution in [1.82, 2.24) is 10.3 Å². The molecule has 2 N–H and O–H groups in total. The van der Waals surface area contributed by atoms with E-state index in [9.17, 15) is 4.39 Å². The molecule has 0 saturated carbocycles. The molecule has 1 aliphatic rings. The Bertz CT molecular complexity index is 559. The summed E-state index contributed by atoms with van der Waals surface area (Å²) in [6, 6.07) is 5.74. The van der Waals surface area contributed by atoms with Crippen LogP contribution < -0.4 is 5.32 Å². The number of fused-ring (bicyclic) bond motifs is 3. The maximum absolute atomic E-state index is 13.8. The highest BCUT2D eigenvalue weighted by atomic mass is 19.1. The Labute approximate surface area is 107 Å². The van der Waals surface area contributed by atoms with Crippen molar-refractivity contribution in [2.45, 2.75) is 38.6 Å². The summed E-state index contributed by atoms with van der Waals surface area (Å²) in [4.78, 5) is 3.28. The average molecular weight is 246 g/mol. The van der Waals surface area contributed by atoms with Crippen LogP contribution in [-0.2, 0) is 6.42 Å². The lowest BCUT2D eigenvalue weighted by atomic mass is 9.90. The average Bonchev–Trinajstić information content (AvgIpc) is 2.77. The molecule has 0 amide bonds. The van der Waals surface area contributed by atoms with Crippen molar-refractivity contribution in [3.8, 4) is 0 Å². The Balaban J connectivity index is 2.09. The molecule has 3 heteroatoms. The number of hydrogen-bond donors (Lipinski definition) is 2. The molecule has 0 fully saturated rings. The minimum Gasteiger partial charge on any atom is -0.356 e. The minimum atomic E-state index is -0.142. The quantitative estimate of drug-likeness (QED) is 0.849. The van der Waals surface area contributed by atoms with E-state index in [2.05, 4.69) is 17.2 Å². The summed E-state index contributed by atoms with van der Waals surface area (Å²) in [5.74, 6) is -0.142. The number of halogens is 1. The van der Waals surface area contributed by atoms with Crippen molar-refractivity contribution in [1.29, 1.82) is 0 Å². The lowest BCUT2D eigenvalue weighted by Gasteiger charge is -2.24. The highest BCUT2D eigenvalue weighted by Crippen LogP contribution is 2.36. The van der Waals surface area contributed by atoms with E-state index < -0.39 is 0 Å². The predicted molar refractivity (Wildman–Crippen MR) is 72.2 cm³/mol. The molecular formula is C15H19FN2. The van der Waals surface area contributed by atoms with E-state index in [4.69, 9.17) is 0 Å². The van der Waals surface area contributed by atoms with Gasteiger partial charge in [0.15, 0.2) is 0 Å². The molecule has 0 radical (unpaired) electrons. The van der Waals surface area contributed by atoms with Crippen molar-refractivity contribution < 1.29 is 4.39 Å². The van der Waals surface area contributed by atoms with Crippen LogP contribution >= 0.6 is 0 Å². The molecule has 1 aliphatic carbocycles.